The van der Waals surface area contributed by atoms with E-state index < -0.39 is 0 Å². The smallest absolute Gasteiger partial charge is 0.271 e. The number of ether oxygens (including phenoxy) is 1. The minimum atomic E-state index is -0.297. The first-order chi connectivity index (χ1) is 20.0. The lowest BCUT2D eigenvalue weighted by molar-refractivity contribution is -0.130. The Kier molecular flexibility index (Phi) is 7.71. The zero-order valence-corrected chi connectivity index (χ0v) is 25.6. The predicted molar refractivity (Wildman–Crippen MR) is 162 cm³/mol. The zero-order chi connectivity index (χ0) is 29.8. The molecule has 2 amide bonds. The second kappa shape index (κ2) is 11.2. The molecule has 42 heavy (non-hydrogen) atoms. The average molecular weight is 616 g/mol. The fourth-order valence-corrected chi connectivity index (χ4v) is 6.68. The van der Waals surface area contributed by atoms with E-state index in [1.54, 1.807) is 4.90 Å². The summed E-state index contributed by atoms with van der Waals surface area (Å²) < 4.78 is 7.41. The lowest BCUT2D eigenvalue weighted by atomic mass is 9.86. The van der Waals surface area contributed by atoms with Gasteiger partial charge in [0.25, 0.3) is 5.91 Å². The average Bonchev–Trinajstić information content (AvgIpc) is 3.58. The molecule has 0 spiro atoms. The summed E-state index contributed by atoms with van der Waals surface area (Å²) in [4.78, 5) is 34.2. The van der Waals surface area contributed by atoms with Crippen molar-refractivity contribution in [2.75, 3.05) is 44.7 Å². The number of halogens is 2. The third-order valence-corrected chi connectivity index (χ3v) is 9.01. The van der Waals surface area contributed by atoms with Crippen LogP contribution in [0, 0.1) is 0 Å². The summed E-state index contributed by atoms with van der Waals surface area (Å²) >= 11 is 13.3. The van der Waals surface area contributed by atoms with E-state index in [0.29, 0.717) is 48.0 Å². The molecular weight excluding hydrogens is 579 g/mol. The van der Waals surface area contributed by atoms with Crippen LogP contribution in [-0.4, -0.2) is 92.8 Å². The number of H-pyrrole nitrogens is 1. The monoisotopic (exact) mass is 614 g/mol. The molecule has 1 aromatic carbocycles. The van der Waals surface area contributed by atoms with Gasteiger partial charge in [0.15, 0.2) is 11.0 Å². The lowest BCUT2D eigenvalue weighted by Gasteiger charge is -2.39. The van der Waals surface area contributed by atoms with Crippen LogP contribution in [0.5, 0.6) is 0 Å². The summed E-state index contributed by atoms with van der Waals surface area (Å²) in [5, 5.41) is 15.8. The van der Waals surface area contributed by atoms with Crippen molar-refractivity contribution in [3.63, 3.8) is 0 Å². The van der Waals surface area contributed by atoms with Crippen molar-refractivity contribution in [1.82, 2.24) is 34.9 Å². The number of aromatic amines is 1. The van der Waals surface area contributed by atoms with Crippen LogP contribution in [0.3, 0.4) is 0 Å². The van der Waals surface area contributed by atoms with Crippen LogP contribution in [0.1, 0.15) is 55.1 Å². The maximum atomic E-state index is 13.6. The fourth-order valence-electron chi connectivity index (χ4n) is 5.96. The maximum Gasteiger partial charge on any atom is 0.271 e. The van der Waals surface area contributed by atoms with Gasteiger partial charge in [-0.15, -0.1) is 0 Å². The Labute approximate surface area is 254 Å². The standard InChI is InChI=1S/C29H36Cl2N8O3/c1-5-24(40)38-11-16(12-38)33-28(41)25-26(31)34-23(39(25)17-6-7-37(13-17)18-14-42-15-18)10-32-27-19-8-20(29(2,3)4)21(30)9-22(19)35-36-27/h5,8-9,16-18H,1,6-7,10-15H2,2-4H3,(H,33,41)(H2,32,35,36). The second-order valence-corrected chi connectivity index (χ2v) is 13.1. The van der Waals surface area contributed by atoms with Crippen LogP contribution in [0.15, 0.2) is 24.8 Å². The van der Waals surface area contributed by atoms with Crippen molar-refractivity contribution in [3.8, 4) is 0 Å². The van der Waals surface area contributed by atoms with Gasteiger partial charge in [-0.05, 0) is 35.6 Å². The molecule has 3 aromatic rings. The number of likely N-dealkylation sites (tertiary alicyclic amines) is 2. The number of aromatic nitrogens is 4. The summed E-state index contributed by atoms with van der Waals surface area (Å²) in [5.41, 5.74) is 2.06. The van der Waals surface area contributed by atoms with Gasteiger partial charge in [0.05, 0.1) is 37.4 Å². The van der Waals surface area contributed by atoms with Crippen molar-refractivity contribution < 1.29 is 14.3 Å². The Hall–Kier alpha value is -3.12. The number of imidazole rings is 1. The Morgan fingerprint density at radius 1 is 1.19 bits per heavy atom. The van der Waals surface area contributed by atoms with E-state index in [1.165, 1.54) is 6.08 Å². The van der Waals surface area contributed by atoms with Crippen LogP contribution in [-0.2, 0) is 21.5 Å². The third kappa shape index (κ3) is 5.39. The highest BCUT2D eigenvalue weighted by molar-refractivity contribution is 6.32. The molecule has 3 aliphatic heterocycles. The van der Waals surface area contributed by atoms with Crippen LogP contribution in [0.2, 0.25) is 10.2 Å². The zero-order valence-electron chi connectivity index (χ0n) is 24.0. The first-order valence-electron chi connectivity index (χ1n) is 14.3. The molecule has 0 bridgehead atoms. The summed E-state index contributed by atoms with van der Waals surface area (Å²) in [6, 6.07) is 4.23. The Morgan fingerprint density at radius 3 is 2.62 bits per heavy atom. The second-order valence-electron chi connectivity index (χ2n) is 12.3. The van der Waals surface area contributed by atoms with Gasteiger partial charge in [0.1, 0.15) is 11.5 Å². The van der Waals surface area contributed by atoms with Gasteiger partial charge in [-0.3, -0.25) is 19.6 Å². The van der Waals surface area contributed by atoms with E-state index in [4.69, 9.17) is 27.9 Å². The van der Waals surface area contributed by atoms with Crippen molar-refractivity contribution in [1.29, 1.82) is 0 Å². The third-order valence-electron chi connectivity index (χ3n) is 8.43. The molecule has 6 rings (SSSR count). The number of hydrogen-bond donors (Lipinski definition) is 3. The maximum absolute atomic E-state index is 13.6. The summed E-state index contributed by atoms with van der Waals surface area (Å²) in [6.45, 7) is 14.2. The number of benzene rings is 1. The number of carbonyl (C=O) groups excluding carboxylic acids is 2. The number of nitrogens with zero attached hydrogens (tertiary/aromatic N) is 5. The molecule has 0 saturated carbocycles. The SMILES string of the molecule is C=CC(=O)N1CC(NC(=O)c2c(Cl)nc(CNc3n[nH]c4cc(Cl)c(C(C)(C)C)cc34)n2C2CCN(C3COC3)C2)C1. The number of anilines is 1. The van der Waals surface area contributed by atoms with Crippen molar-refractivity contribution in [3.05, 3.63) is 52.0 Å². The first kappa shape index (κ1) is 29.0. The molecule has 1 unspecified atom stereocenters. The number of hydrogen-bond acceptors (Lipinski definition) is 7. The van der Waals surface area contributed by atoms with Gasteiger partial charge >= 0.3 is 0 Å². The molecule has 224 valence electrons. The van der Waals surface area contributed by atoms with Gasteiger partial charge in [-0.1, -0.05) is 50.6 Å². The minimum absolute atomic E-state index is 0.0191. The van der Waals surface area contributed by atoms with Gasteiger partial charge in [0, 0.05) is 42.6 Å². The van der Waals surface area contributed by atoms with Crippen molar-refractivity contribution >= 4 is 51.7 Å². The molecule has 3 N–H and O–H groups in total. The van der Waals surface area contributed by atoms with Gasteiger partial charge in [0.2, 0.25) is 5.91 Å². The van der Waals surface area contributed by atoms with Crippen LogP contribution in [0.25, 0.3) is 10.9 Å². The van der Waals surface area contributed by atoms with Crippen molar-refractivity contribution in [2.45, 2.75) is 57.3 Å². The van der Waals surface area contributed by atoms with Crippen LogP contribution >= 0.6 is 23.2 Å². The van der Waals surface area contributed by atoms with E-state index in [1.807, 2.05) is 10.6 Å². The van der Waals surface area contributed by atoms with Gasteiger partial charge < -0.3 is 24.8 Å². The Bertz CT molecular complexity index is 1530. The largest absolute Gasteiger partial charge is 0.378 e. The van der Waals surface area contributed by atoms with Crippen LogP contribution < -0.4 is 10.6 Å². The molecule has 13 heteroatoms. The summed E-state index contributed by atoms with van der Waals surface area (Å²) in [7, 11) is 0. The van der Waals surface area contributed by atoms with E-state index in [2.05, 4.69) is 64.1 Å². The number of nitrogens with one attached hydrogen (secondary N) is 3. The van der Waals surface area contributed by atoms with E-state index in [-0.39, 0.29) is 34.5 Å². The molecule has 1 atom stereocenters. The summed E-state index contributed by atoms with van der Waals surface area (Å²) in [5.74, 6) is 0.880. The molecule has 0 aliphatic carbocycles. The molecule has 0 radical (unpaired) electrons. The van der Waals surface area contributed by atoms with E-state index in [9.17, 15) is 9.59 Å². The number of carbonyl (C=O) groups is 2. The number of amides is 2. The fraction of sp³-hybridized carbons (Fsp3) is 0.517. The first-order valence-corrected chi connectivity index (χ1v) is 15.0. The van der Waals surface area contributed by atoms with Gasteiger partial charge in [-0.25, -0.2) is 4.98 Å². The molecular formula is C29H36Cl2N8O3. The molecule has 2 aromatic heterocycles. The topological polar surface area (TPSA) is 120 Å². The molecule has 3 fully saturated rings. The van der Waals surface area contributed by atoms with Gasteiger partial charge in [-0.2, -0.15) is 5.10 Å². The summed E-state index contributed by atoms with van der Waals surface area (Å²) in [6.07, 6.45) is 2.14. The predicted octanol–water partition coefficient (Wildman–Crippen LogP) is 3.75. The van der Waals surface area contributed by atoms with E-state index in [0.717, 1.165) is 49.2 Å². The highest BCUT2D eigenvalue weighted by Crippen LogP contribution is 2.35. The minimum Gasteiger partial charge on any atom is -0.378 e. The normalized spacial score (nSPS) is 20.0. The molecule has 3 aliphatic rings. The Morgan fingerprint density at radius 2 is 1.95 bits per heavy atom. The molecule has 5 heterocycles. The van der Waals surface area contributed by atoms with E-state index >= 15 is 0 Å². The number of fused-ring (bicyclic) bond motifs is 1. The highest BCUT2D eigenvalue weighted by atomic mass is 35.5. The molecule has 3 saturated heterocycles. The molecule has 11 nitrogen and oxygen atoms in total. The van der Waals surface area contributed by atoms with Crippen LogP contribution in [0.4, 0.5) is 5.82 Å². The number of rotatable bonds is 8. The quantitative estimate of drug-likeness (QED) is 0.330. The van der Waals surface area contributed by atoms with Crippen molar-refractivity contribution in [2.24, 2.45) is 0 Å². The lowest BCUT2D eigenvalue weighted by Crippen LogP contribution is -2.60. The highest BCUT2D eigenvalue weighted by Gasteiger charge is 2.38. The Balaban J connectivity index is 1.26.